The molecule has 1 heterocycles. The number of nitriles is 1. The molecule has 17 heavy (non-hydrogen) atoms. The fourth-order valence-corrected chi connectivity index (χ4v) is 1.84. The first-order valence-electron chi connectivity index (χ1n) is 5.43. The average Bonchev–Trinajstić information content (AvgIpc) is 2.77. The lowest BCUT2D eigenvalue weighted by Crippen LogP contribution is -2.11. The van der Waals surface area contributed by atoms with Crippen LogP contribution in [0.2, 0.25) is 0 Å². The maximum Gasteiger partial charge on any atom is 0.102 e. The van der Waals surface area contributed by atoms with Crippen molar-refractivity contribution < 1.29 is 0 Å². The Morgan fingerprint density at radius 1 is 1.47 bits per heavy atom. The van der Waals surface area contributed by atoms with Gasteiger partial charge in [-0.25, -0.2) is 4.98 Å². The Bertz CT molecular complexity index is 575. The van der Waals surface area contributed by atoms with Crippen molar-refractivity contribution in [3.63, 3.8) is 0 Å². The summed E-state index contributed by atoms with van der Waals surface area (Å²) < 4.78 is 1.87. The zero-order chi connectivity index (χ0) is 12.4. The predicted octanol–water partition coefficient (Wildman–Crippen LogP) is 2.07. The molecule has 1 aromatic heterocycles. The lowest BCUT2D eigenvalue weighted by atomic mass is 10.1. The predicted molar refractivity (Wildman–Crippen MR) is 65.6 cm³/mol. The highest BCUT2D eigenvalue weighted by Crippen LogP contribution is 2.21. The van der Waals surface area contributed by atoms with Crippen LogP contribution in [-0.4, -0.2) is 9.55 Å². The second-order valence-electron chi connectivity index (χ2n) is 4.06. The second-order valence-corrected chi connectivity index (χ2v) is 4.06. The Balaban J connectivity index is 2.66. The standard InChI is InChI=1S/C13H14N4/c1-9-4-3-5-12(11(9)6-14)17-8-16-7-13(17)10(2)15/h3-5,7-8,10H,15H2,1-2H3. The van der Waals surface area contributed by atoms with Crippen LogP contribution >= 0.6 is 0 Å². The van der Waals surface area contributed by atoms with Crippen molar-refractivity contribution in [3.05, 3.63) is 47.5 Å². The van der Waals surface area contributed by atoms with E-state index in [1.807, 2.05) is 36.6 Å². The number of imidazole rings is 1. The summed E-state index contributed by atoms with van der Waals surface area (Å²) in [5.41, 5.74) is 9.22. The molecule has 0 aliphatic carbocycles. The Morgan fingerprint density at radius 2 is 2.24 bits per heavy atom. The van der Waals surface area contributed by atoms with E-state index in [0.29, 0.717) is 5.56 Å². The van der Waals surface area contributed by atoms with E-state index in [1.165, 1.54) is 0 Å². The van der Waals surface area contributed by atoms with Gasteiger partial charge in [-0.15, -0.1) is 0 Å². The van der Waals surface area contributed by atoms with Crippen LogP contribution in [0.3, 0.4) is 0 Å². The third kappa shape index (κ3) is 1.93. The van der Waals surface area contributed by atoms with E-state index in [9.17, 15) is 5.26 Å². The van der Waals surface area contributed by atoms with E-state index in [0.717, 1.165) is 16.9 Å². The molecule has 0 bridgehead atoms. The van der Waals surface area contributed by atoms with E-state index in [-0.39, 0.29) is 6.04 Å². The summed E-state index contributed by atoms with van der Waals surface area (Å²) in [7, 11) is 0. The van der Waals surface area contributed by atoms with Gasteiger partial charge in [0.15, 0.2) is 0 Å². The van der Waals surface area contributed by atoms with E-state index in [1.54, 1.807) is 12.5 Å². The first-order valence-corrected chi connectivity index (χ1v) is 5.43. The van der Waals surface area contributed by atoms with E-state index in [2.05, 4.69) is 11.1 Å². The van der Waals surface area contributed by atoms with Crippen LogP contribution in [0.15, 0.2) is 30.7 Å². The summed E-state index contributed by atoms with van der Waals surface area (Å²) in [6, 6.07) is 7.86. The van der Waals surface area contributed by atoms with Crippen LogP contribution < -0.4 is 5.73 Å². The maximum atomic E-state index is 9.21. The number of aromatic nitrogens is 2. The average molecular weight is 226 g/mol. The molecule has 2 rings (SSSR count). The minimum absolute atomic E-state index is 0.121. The zero-order valence-corrected chi connectivity index (χ0v) is 9.88. The first kappa shape index (κ1) is 11.4. The van der Waals surface area contributed by atoms with Crippen LogP contribution in [0.1, 0.15) is 29.8 Å². The van der Waals surface area contributed by atoms with Crippen molar-refractivity contribution in [2.75, 3.05) is 0 Å². The Labute approximate surface area is 100 Å². The molecular weight excluding hydrogens is 212 g/mol. The van der Waals surface area contributed by atoms with Gasteiger partial charge < -0.3 is 10.3 Å². The highest BCUT2D eigenvalue weighted by Gasteiger charge is 2.12. The van der Waals surface area contributed by atoms with Gasteiger partial charge in [0.25, 0.3) is 0 Å². The minimum atomic E-state index is -0.121. The van der Waals surface area contributed by atoms with Crippen LogP contribution in [0.4, 0.5) is 0 Å². The van der Waals surface area contributed by atoms with Gasteiger partial charge in [-0.3, -0.25) is 0 Å². The van der Waals surface area contributed by atoms with E-state index < -0.39 is 0 Å². The molecule has 0 amide bonds. The number of nitrogens with two attached hydrogens (primary N) is 1. The summed E-state index contributed by atoms with van der Waals surface area (Å²) >= 11 is 0. The van der Waals surface area contributed by atoms with Crippen LogP contribution in [0.5, 0.6) is 0 Å². The van der Waals surface area contributed by atoms with Crippen molar-refractivity contribution in [1.82, 2.24) is 9.55 Å². The van der Waals surface area contributed by atoms with Gasteiger partial charge in [0, 0.05) is 6.04 Å². The van der Waals surface area contributed by atoms with Gasteiger partial charge >= 0.3 is 0 Å². The lowest BCUT2D eigenvalue weighted by Gasteiger charge is -2.13. The van der Waals surface area contributed by atoms with Gasteiger partial charge in [-0.1, -0.05) is 12.1 Å². The zero-order valence-electron chi connectivity index (χ0n) is 9.88. The summed E-state index contributed by atoms with van der Waals surface area (Å²) in [5.74, 6) is 0. The third-order valence-electron chi connectivity index (χ3n) is 2.76. The summed E-state index contributed by atoms with van der Waals surface area (Å²) in [5, 5.41) is 9.21. The van der Waals surface area contributed by atoms with Crippen molar-refractivity contribution in [2.45, 2.75) is 19.9 Å². The van der Waals surface area contributed by atoms with Gasteiger partial charge in [-0.05, 0) is 25.5 Å². The van der Waals surface area contributed by atoms with Gasteiger partial charge in [0.2, 0.25) is 0 Å². The molecular formula is C13H14N4. The molecule has 0 saturated heterocycles. The molecule has 2 N–H and O–H groups in total. The quantitative estimate of drug-likeness (QED) is 0.852. The molecule has 4 heteroatoms. The first-order chi connectivity index (χ1) is 8.15. The van der Waals surface area contributed by atoms with Gasteiger partial charge in [-0.2, -0.15) is 5.26 Å². The SMILES string of the molecule is Cc1cccc(-n2cncc2C(C)N)c1C#N. The molecule has 1 aromatic carbocycles. The molecule has 0 saturated carbocycles. The fraction of sp³-hybridized carbons (Fsp3) is 0.231. The van der Waals surface area contributed by atoms with Crippen molar-refractivity contribution in [1.29, 1.82) is 5.26 Å². The lowest BCUT2D eigenvalue weighted by molar-refractivity contribution is 0.751. The van der Waals surface area contributed by atoms with Crippen LogP contribution in [-0.2, 0) is 0 Å². The molecule has 86 valence electrons. The topological polar surface area (TPSA) is 67.6 Å². The number of hydrogen-bond donors (Lipinski definition) is 1. The number of rotatable bonds is 2. The molecule has 0 fully saturated rings. The van der Waals surface area contributed by atoms with Gasteiger partial charge in [0.1, 0.15) is 6.07 Å². The molecule has 1 atom stereocenters. The highest BCUT2D eigenvalue weighted by atomic mass is 15.1. The van der Waals surface area contributed by atoms with E-state index in [4.69, 9.17) is 5.73 Å². The largest absolute Gasteiger partial charge is 0.323 e. The smallest absolute Gasteiger partial charge is 0.102 e. The van der Waals surface area contributed by atoms with E-state index >= 15 is 0 Å². The molecule has 4 nitrogen and oxygen atoms in total. The Morgan fingerprint density at radius 3 is 2.88 bits per heavy atom. The third-order valence-corrected chi connectivity index (χ3v) is 2.76. The highest BCUT2D eigenvalue weighted by molar-refractivity contribution is 5.53. The summed E-state index contributed by atoms with van der Waals surface area (Å²) in [6.45, 7) is 3.82. The minimum Gasteiger partial charge on any atom is -0.323 e. The second kappa shape index (κ2) is 4.40. The summed E-state index contributed by atoms with van der Waals surface area (Å²) in [4.78, 5) is 4.10. The number of nitrogens with zero attached hydrogens (tertiary/aromatic N) is 3. The Kier molecular flexibility index (Phi) is 2.94. The van der Waals surface area contributed by atoms with Crippen LogP contribution in [0.25, 0.3) is 5.69 Å². The molecule has 0 aliphatic heterocycles. The van der Waals surface area contributed by atoms with Gasteiger partial charge in [0.05, 0.1) is 29.5 Å². The number of benzene rings is 1. The van der Waals surface area contributed by atoms with Crippen molar-refractivity contribution >= 4 is 0 Å². The maximum absolute atomic E-state index is 9.21. The molecule has 0 radical (unpaired) electrons. The van der Waals surface area contributed by atoms with Crippen molar-refractivity contribution in [2.24, 2.45) is 5.73 Å². The number of hydrogen-bond acceptors (Lipinski definition) is 3. The van der Waals surface area contributed by atoms with Crippen LogP contribution in [0, 0.1) is 18.3 Å². The molecule has 1 unspecified atom stereocenters. The normalized spacial score (nSPS) is 12.1. The molecule has 2 aromatic rings. The summed E-state index contributed by atoms with van der Waals surface area (Å²) in [6.07, 6.45) is 3.42. The van der Waals surface area contributed by atoms with Crippen molar-refractivity contribution in [3.8, 4) is 11.8 Å². The molecule has 0 aliphatic rings. The molecule has 0 spiro atoms. The Hall–Kier alpha value is -2.12. The fourth-order valence-electron chi connectivity index (χ4n) is 1.84. The number of aryl methyl sites for hydroxylation is 1. The monoisotopic (exact) mass is 226 g/mol.